The van der Waals surface area contributed by atoms with Crippen LogP contribution in [0.15, 0.2) is 41.3 Å². The largest absolute Gasteiger partial charge is 0.454 e. The molecule has 0 atom stereocenters. The first-order valence-electron chi connectivity index (χ1n) is 6.92. The molecule has 0 aliphatic carbocycles. The molecule has 1 N–H and O–H groups in total. The van der Waals surface area contributed by atoms with Crippen LogP contribution in [0.25, 0.3) is 0 Å². The van der Waals surface area contributed by atoms with Crippen molar-refractivity contribution >= 4 is 21.6 Å². The molecule has 5 nitrogen and oxygen atoms in total. The Hall–Kier alpha value is -1.97. The van der Waals surface area contributed by atoms with Gasteiger partial charge >= 0.3 is 6.18 Å². The molecule has 3 rings (SSSR count). The zero-order valence-electron chi connectivity index (χ0n) is 12.4. The van der Waals surface area contributed by atoms with Crippen molar-refractivity contribution in [3.8, 4) is 11.5 Å². The van der Waals surface area contributed by atoms with E-state index in [4.69, 9.17) is 21.1 Å². The van der Waals surface area contributed by atoms with E-state index in [1.165, 1.54) is 0 Å². The number of nitrogens with one attached hydrogen (secondary N) is 1. The molecule has 0 aromatic heterocycles. The second-order valence-corrected chi connectivity index (χ2v) is 7.30. The van der Waals surface area contributed by atoms with Crippen LogP contribution in [0.5, 0.6) is 11.5 Å². The zero-order chi connectivity index (χ0) is 18.2. The molecular weight excluding hydrogens is 383 g/mol. The maximum absolute atomic E-state index is 12.8. The Morgan fingerprint density at radius 3 is 2.52 bits per heavy atom. The van der Waals surface area contributed by atoms with Gasteiger partial charge in [0.1, 0.15) is 4.90 Å². The lowest BCUT2D eigenvalue weighted by Gasteiger charge is -2.12. The van der Waals surface area contributed by atoms with Crippen LogP contribution in [-0.4, -0.2) is 15.2 Å². The molecule has 0 saturated heterocycles. The van der Waals surface area contributed by atoms with E-state index in [9.17, 15) is 21.6 Å². The highest BCUT2D eigenvalue weighted by atomic mass is 35.5. The maximum atomic E-state index is 12.8. The molecule has 0 fully saturated rings. The number of halogens is 4. The number of hydrogen-bond acceptors (Lipinski definition) is 4. The van der Waals surface area contributed by atoms with Gasteiger partial charge in [-0.05, 0) is 35.9 Å². The van der Waals surface area contributed by atoms with Crippen LogP contribution < -0.4 is 14.2 Å². The molecule has 134 valence electrons. The summed E-state index contributed by atoms with van der Waals surface area (Å²) in [5.41, 5.74) is -0.545. The van der Waals surface area contributed by atoms with Crippen molar-refractivity contribution in [2.24, 2.45) is 0 Å². The van der Waals surface area contributed by atoms with E-state index >= 15 is 0 Å². The minimum Gasteiger partial charge on any atom is -0.454 e. The summed E-state index contributed by atoms with van der Waals surface area (Å²) in [6, 6.07) is 6.94. The minimum absolute atomic E-state index is 0.0738. The van der Waals surface area contributed by atoms with Crippen molar-refractivity contribution in [2.45, 2.75) is 17.6 Å². The highest BCUT2D eigenvalue weighted by Gasteiger charge is 2.32. The number of alkyl halides is 3. The fraction of sp³-hybridized carbons (Fsp3) is 0.200. The fourth-order valence-corrected chi connectivity index (χ4v) is 3.73. The van der Waals surface area contributed by atoms with Crippen molar-refractivity contribution in [3.63, 3.8) is 0 Å². The average molecular weight is 394 g/mol. The lowest BCUT2D eigenvalue weighted by atomic mass is 10.2. The van der Waals surface area contributed by atoms with E-state index < -0.39 is 26.7 Å². The van der Waals surface area contributed by atoms with E-state index in [-0.39, 0.29) is 18.4 Å². The molecule has 0 radical (unpaired) electrons. The molecule has 10 heteroatoms. The summed E-state index contributed by atoms with van der Waals surface area (Å²) in [5.74, 6) is 1.00. The van der Waals surface area contributed by atoms with Crippen LogP contribution in [0.2, 0.25) is 5.02 Å². The highest BCUT2D eigenvalue weighted by Crippen LogP contribution is 2.34. The number of rotatable bonds is 4. The molecule has 0 unspecified atom stereocenters. The van der Waals surface area contributed by atoms with E-state index in [2.05, 4.69) is 4.72 Å². The number of fused-ring (bicyclic) bond motifs is 1. The van der Waals surface area contributed by atoms with Crippen LogP contribution in [-0.2, 0) is 22.7 Å². The molecule has 1 heterocycles. The Morgan fingerprint density at radius 2 is 1.80 bits per heavy atom. The third-order valence-electron chi connectivity index (χ3n) is 3.45. The van der Waals surface area contributed by atoms with Gasteiger partial charge in [0.25, 0.3) is 0 Å². The number of ether oxygens (including phenoxy) is 2. The van der Waals surface area contributed by atoms with Gasteiger partial charge < -0.3 is 9.47 Å². The number of sulfonamides is 1. The van der Waals surface area contributed by atoms with Gasteiger partial charge in [-0.3, -0.25) is 0 Å². The lowest BCUT2D eigenvalue weighted by Crippen LogP contribution is -2.24. The normalized spacial score (nSPS) is 13.9. The fourth-order valence-electron chi connectivity index (χ4n) is 2.19. The molecule has 2 aromatic carbocycles. The van der Waals surface area contributed by atoms with Gasteiger partial charge in [0.05, 0.1) is 10.6 Å². The van der Waals surface area contributed by atoms with E-state index in [1.54, 1.807) is 18.2 Å². The summed E-state index contributed by atoms with van der Waals surface area (Å²) >= 11 is 5.77. The minimum atomic E-state index is -4.67. The van der Waals surface area contributed by atoms with Crippen molar-refractivity contribution in [2.75, 3.05) is 6.79 Å². The SMILES string of the molecule is O=S(=O)(NCc1ccc2c(c1)OCO2)c1cc(C(F)(F)F)ccc1Cl. The summed E-state index contributed by atoms with van der Waals surface area (Å²) in [7, 11) is -4.24. The van der Waals surface area contributed by atoms with E-state index in [0.29, 0.717) is 23.1 Å². The monoisotopic (exact) mass is 393 g/mol. The molecular formula is C15H11ClF3NO4S. The first-order chi connectivity index (χ1) is 11.7. The molecule has 0 saturated carbocycles. The van der Waals surface area contributed by atoms with Crippen molar-refractivity contribution in [1.82, 2.24) is 4.72 Å². The first-order valence-corrected chi connectivity index (χ1v) is 8.78. The number of hydrogen-bond donors (Lipinski definition) is 1. The van der Waals surface area contributed by atoms with E-state index in [1.807, 2.05) is 0 Å². The smallest absolute Gasteiger partial charge is 0.416 e. The van der Waals surface area contributed by atoms with Gasteiger partial charge in [-0.15, -0.1) is 0 Å². The van der Waals surface area contributed by atoms with Gasteiger partial charge in [-0.25, -0.2) is 13.1 Å². The third-order valence-corrected chi connectivity index (χ3v) is 5.33. The summed E-state index contributed by atoms with van der Waals surface area (Å²) in [5, 5.41) is -0.300. The second-order valence-electron chi connectivity index (χ2n) is 5.16. The molecule has 2 aromatic rings. The summed E-state index contributed by atoms with van der Waals surface area (Å²) in [6.45, 7) is -0.0735. The Labute approximate surface area is 146 Å². The topological polar surface area (TPSA) is 64.6 Å². The summed E-state index contributed by atoms with van der Waals surface area (Å²) in [6.07, 6.45) is -4.67. The predicted octanol–water partition coefficient (Wildman–Crippen LogP) is 3.57. The van der Waals surface area contributed by atoms with Crippen LogP contribution in [0.3, 0.4) is 0 Å². The molecule has 0 amide bonds. The van der Waals surface area contributed by atoms with Gasteiger partial charge in [0.2, 0.25) is 16.8 Å². The molecule has 1 aliphatic rings. The average Bonchev–Trinajstić information content (AvgIpc) is 2.99. The van der Waals surface area contributed by atoms with Crippen LogP contribution >= 0.6 is 11.6 Å². The Balaban J connectivity index is 1.82. The molecule has 1 aliphatic heterocycles. The van der Waals surface area contributed by atoms with Crippen molar-refractivity contribution in [1.29, 1.82) is 0 Å². The Kier molecular flexibility index (Phi) is 4.56. The van der Waals surface area contributed by atoms with Gasteiger partial charge in [-0.2, -0.15) is 13.2 Å². The predicted molar refractivity (Wildman–Crippen MR) is 83.0 cm³/mol. The zero-order valence-corrected chi connectivity index (χ0v) is 14.0. The Morgan fingerprint density at radius 1 is 1.08 bits per heavy atom. The van der Waals surface area contributed by atoms with Crippen molar-refractivity contribution < 1.29 is 31.1 Å². The van der Waals surface area contributed by atoms with Crippen LogP contribution in [0, 0.1) is 0 Å². The van der Waals surface area contributed by atoms with Gasteiger partial charge in [0.15, 0.2) is 11.5 Å². The van der Waals surface area contributed by atoms with Crippen LogP contribution in [0.1, 0.15) is 11.1 Å². The standard InChI is InChI=1S/C15H11ClF3NO4S/c16-11-3-2-10(15(17,18)19)6-14(11)25(21,22)20-7-9-1-4-12-13(5-9)24-8-23-12/h1-6,20H,7-8H2. The number of benzene rings is 2. The molecule has 0 spiro atoms. The quantitative estimate of drug-likeness (QED) is 0.862. The molecule has 25 heavy (non-hydrogen) atoms. The van der Waals surface area contributed by atoms with Crippen molar-refractivity contribution in [3.05, 3.63) is 52.5 Å². The third kappa shape index (κ3) is 3.83. The summed E-state index contributed by atoms with van der Waals surface area (Å²) in [4.78, 5) is -0.635. The molecule has 0 bridgehead atoms. The highest BCUT2D eigenvalue weighted by molar-refractivity contribution is 7.89. The van der Waals surface area contributed by atoms with E-state index in [0.717, 1.165) is 12.1 Å². The lowest BCUT2D eigenvalue weighted by molar-refractivity contribution is -0.137. The first kappa shape index (κ1) is 17.8. The van der Waals surface area contributed by atoms with Gasteiger partial charge in [-0.1, -0.05) is 17.7 Å². The Bertz CT molecular complexity index is 915. The maximum Gasteiger partial charge on any atom is 0.416 e. The second kappa shape index (κ2) is 6.40. The summed E-state index contributed by atoms with van der Waals surface area (Å²) < 4.78 is 75.5. The van der Waals surface area contributed by atoms with Crippen LogP contribution in [0.4, 0.5) is 13.2 Å². The van der Waals surface area contributed by atoms with Gasteiger partial charge in [0, 0.05) is 6.54 Å².